The number of nitrogens with one attached hydrogen (secondary N) is 1. The second kappa shape index (κ2) is 3.53. The molecule has 1 saturated heterocycles. The topological polar surface area (TPSA) is 21.3 Å². The normalized spacial score (nSPS) is 20.4. The third kappa shape index (κ3) is 1.46. The van der Waals surface area contributed by atoms with E-state index in [1.165, 1.54) is 13.2 Å². The zero-order chi connectivity index (χ0) is 10.1. The first-order valence-corrected chi connectivity index (χ1v) is 4.48. The number of rotatable bonds is 2. The standard InChI is InChI=1S/C10H11F2NO/c1-14-10-5-7(11)6(4-8(10)12)9-2-3-13-9/h4-5,9,13H,2-3H2,1H3. The monoisotopic (exact) mass is 199 g/mol. The van der Waals surface area contributed by atoms with Crippen LogP contribution in [0, 0.1) is 11.6 Å². The summed E-state index contributed by atoms with van der Waals surface area (Å²) >= 11 is 0. The molecule has 4 heteroatoms. The molecular weight excluding hydrogens is 188 g/mol. The van der Waals surface area contributed by atoms with E-state index in [0.717, 1.165) is 19.0 Å². The third-order valence-electron chi connectivity index (χ3n) is 2.47. The van der Waals surface area contributed by atoms with Crippen molar-refractivity contribution >= 4 is 0 Å². The Hall–Kier alpha value is -1.16. The maximum absolute atomic E-state index is 13.4. The molecule has 0 aliphatic carbocycles. The average molecular weight is 199 g/mol. The number of hydrogen-bond acceptors (Lipinski definition) is 2. The Balaban J connectivity index is 2.36. The summed E-state index contributed by atoms with van der Waals surface area (Å²) in [6.45, 7) is 0.859. The molecule has 0 radical (unpaired) electrons. The van der Waals surface area contributed by atoms with E-state index in [2.05, 4.69) is 10.1 Å². The lowest BCUT2D eigenvalue weighted by molar-refractivity contribution is 0.357. The summed E-state index contributed by atoms with van der Waals surface area (Å²) in [5.41, 5.74) is 0.384. The highest BCUT2D eigenvalue weighted by molar-refractivity contribution is 5.33. The van der Waals surface area contributed by atoms with Crippen molar-refractivity contribution in [2.45, 2.75) is 12.5 Å². The minimum atomic E-state index is -0.516. The van der Waals surface area contributed by atoms with Crippen molar-refractivity contribution in [1.29, 1.82) is 0 Å². The van der Waals surface area contributed by atoms with Crippen molar-refractivity contribution in [3.63, 3.8) is 0 Å². The smallest absolute Gasteiger partial charge is 0.165 e. The van der Waals surface area contributed by atoms with Crippen LogP contribution in [0.1, 0.15) is 18.0 Å². The summed E-state index contributed by atoms with van der Waals surface area (Å²) in [6.07, 6.45) is 0.850. The molecule has 76 valence electrons. The molecule has 1 aliphatic rings. The van der Waals surface area contributed by atoms with Gasteiger partial charge in [-0.1, -0.05) is 0 Å². The zero-order valence-corrected chi connectivity index (χ0v) is 7.81. The second-order valence-electron chi connectivity index (χ2n) is 3.30. The van der Waals surface area contributed by atoms with Crippen LogP contribution in [-0.2, 0) is 0 Å². The predicted molar refractivity (Wildman–Crippen MR) is 48.3 cm³/mol. The molecule has 2 nitrogen and oxygen atoms in total. The largest absolute Gasteiger partial charge is 0.494 e. The molecule has 2 rings (SSSR count). The van der Waals surface area contributed by atoms with Crippen LogP contribution < -0.4 is 10.1 Å². The SMILES string of the molecule is COc1cc(F)c(C2CCN2)cc1F. The number of ether oxygens (including phenoxy) is 1. The fraction of sp³-hybridized carbons (Fsp3) is 0.400. The molecule has 1 unspecified atom stereocenters. The fourth-order valence-electron chi connectivity index (χ4n) is 1.52. The quantitative estimate of drug-likeness (QED) is 0.786. The van der Waals surface area contributed by atoms with Crippen molar-refractivity contribution in [3.05, 3.63) is 29.3 Å². The lowest BCUT2D eigenvalue weighted by atomic mass is 9.97. The van der Waals surface area contributed by atoms with E-state index in [4.69, 9.17) is 0 Å². The van der Waals surface area contributed by atoms with Crippen LogP contribution in [0.25, 0.3) is 0 Å². The van der Waals surface area contributed by atoms with Gasteiger partial charge >= 0.3 is 0 Å². The van der Waals surface area contributed by atoms with Crippen LogP contribution in [0.2, 0.25) is 0 Å². The molecule has 1 aromatic rings. The second-order valence-corrected chi connectivity index (χ2v) is 3.30. The summed E-state index contributed by atoms with van der Waals surface area (Å²) in [6, 6.07) is 2.24. The van der Waals surface area contributed by atoms with Crippen molar-refractivity contribution in [3.8, 4) is 5.75 Å². The Morgan fingerprint density at radius 1 is 1.36 bits per heavy atom. The summed E-state index contributed by atoms with van der Waals surface area (Å²) in [5.74, 6) is -0.983. The summed E-state index contributed by atoms with van der Waals surface area (Å²) < 4.78 is 31.3. The first-order chi connectivity index (χ1) is 6.72. The molecule has 0 bridgehead atoms. The molecular formula is C10H11F2NO. The highest BCUT2D eigenvalue weighted by Crippen LogP contribution is 2.29. The van der Waals surface area contributed by atoms with E-state index in [0.29, 0.717) is 5.56 Å². The Kier molecular flexibility index (Phi) is 2.37. The van der Waals surface area contributed by atoms with Gasteiger partial charge in [0.1, 0.15) is 5.82 Å². The van der Waals surface area contributed by atoms with Crippen molar-refractivity contribution in [2.24, 2.45) is 0 Å². The number of methoxy groups -OCH3 is 1. The van der Waals surface area contributed by atoms with Gasteiger partial charge in [0.2, 0.25) is 0 Å². The molecule has 1 fully saturated rings. The van der Waals surface area contributed by atoms with Crippen molar-refractivity contribution in [1.82, 2.24) is 5.32 Å². The Morgan fingerprint density at radius 3 is 2.57 bits per heavy atom. The first-order valence-electron chi connectivity index (χ1n) is 4.48. The Bertz CT molecular complexity index is 350. The number of hydrogen-bond donors (Lipinski definition) is 1. The van der Waals surface area contributed by atoms with Gasteiger partial charge in [0.05, 0.1) is 7.11 Å². The van der Waals surface area contributed by atoms with Gasteiger partial charge in [-0.3, -0.25) is 0 Å². The van der Waals surface area contributed by atoms with Gasteiger partial charge in [-0.2, -0.15) is 0 Å². The molecule has 1 N–H and O–H groups in total. The molecule has 1 aromatic carbocycles. The van der Waals surface area contributed by atoms with E-state index in [9.17, 15) is 8.78 Å². The molecule has 0 spiro atoms. The molecule has 1 atom stereocenters. The van der Waals surface area contributed by atoms with Crippen LogP contribution >= 0.6 is 0 Å². The van der Waals surface area contributed by atoms with Crippen LogP contribution in [0.4, 0.5) is 8.78 Å². The Morgan fingerprint density at radius 2 is 2.07 bits per heavy atom. The van der Waals surface area contributed by atoms with E-state index in [1.807, 2.05) is 0 Å². The third-order valence-corrected chi connectivity index (χ3v) is 2.47. The van der Waals surface area contributed by atoms with Gasteiger partial charge in [0.25, 0.3) is 0 Å². The maximum Gasteiger partial charge on any atom is 0.165 e. The molecule has 0 aromatic heterocycles. The summed E-state index contributed by atoms with van der Waals surface area (Å²) in [4.78, 5) is 0. The van der Waals surface area contributed by atoms with E-state index < -0.39 is 11.6 Å². The van der Waals surface area contributed by atoms with Crippen LogP contribution in [0.3, 0.4) is 0 Å². The van der Waals surface area contributed by atoms with Gasteiger partial charge in [-0.15, -0.1) is 0 Å². The van der Waals surface area contributed by atoms with E-state index in [-0.39, 0.29) is 11.8 Å². The lowest BCUT2D eigenvalue weighted by Crippen LogP contribution is -2.35. The molecule has 0 saturated carbocycles. The minimum Gasteiger partial charge on any atom is -0.494 e. The first kappa shape index (κ1) is 9.40. The fourth-order valence-corrected chi connectivity index (χ4v) is 1.52. The molecule has 1 aliphatic heterocycles. The Labute approximate surface area is 80.9 Å². The van der Waals surface area contributed by atoms with E-state index in [1.54, 1.807) is 0 Å². The summed E-state index contributed by atoms with van der Waals surface area (Å²) in [5, 5.41) is 3.02. The van der Waals surface area contributed by atoms with Gasteiger partial charge < -0.3 is 10.1 Å². The molecule has 14 heavy (non-hydrogen) atoms. The highest BCUT2D eigenvalue weighted by atomic mass is 19.1. The van der Waals surface area contributed by atoms with Crippen LogP contribution in [0.5, 0.6) is 5.75 Å². The predicted octanol–water partition coefficient (Wildman–Crippen LogP) is 2.01. The van der Waals surface area contributed by atoms with Crippen LogP contribution in [-0.4, -0.2) is 13.7 Å². The lowest BCUT2D eigenvalue weighted by Gasteiger charge is -2.28. The van der Waals surface area contributed by atoms with Gasteiger partial charge in [-0.05, 0) is 19.0 Å². The maximum atomic E-state index is 13.4. The highest BCUT2D eigenvalue weighted by Gasteiger charge is 2.23. The van der Waals surface area contributed by atoms with Gasteiger partial charge in [0.15, 0.2) is 11.6 Å². The summed E-state index contributed by atoms with van der Waals surface area (Å²) in [7, 11) is 1.32. The van der Waals surface area contributed by atoms with Crippen LogP contribution in [0.15, 0.2) is 12.1 Å². The zero-order valence-electron chi connectivity index (χ0n) is 7.81. The molecule has 1 heterocycles. The van der Waals surface area contributed by atoms with Crippen molar-refractivity contribution < 1.29 is 13.5 Å². The van der Waals surface area contributed by atoms with Gasteiger partial charge in [-0.25, -0.2) is 8.78 Å². The van der Waals surface area contributed by atoms with Crippen molar-refractivity contribution in [2.75, 3.05) is 13.7 Å². The average Bonchev–Trinajstić information content (AvgIpc) is 2.08. The van der Waals surface area contributed by atoms with E-state index >= 15 is 0 Å². The molecule has 0 amide bonds. The van der Waals surface area contributed by atoms with Gasteiger partial charge in [0, 0.05) is 17.7 Å². The minimum absolute atomic E-state index is 0.0459. The number of benzene rings is 1. The number of halogens is 2.